The number of likely N-dealkylation sites (tertiary alicyclic amines) is 1. The second-order valence-electron chi connectivity index (χ2n) is 3.37. The molecule has 1 atom stereocenters. The van der Waals surface area contributed by atoms with E-state index in [2.05, 4.69) is 4.90 Å². The van der Waals surface area contributed by atoms with Gasteiger partial charge in [-0.25, -0.2) is 0 Å². The van der Waals surface area contributed by atoms with E-state index >= 15 is 0 Å². The van der Waals surface area contributed by atoms with E-state index in [1.54, 1.807) is 11.3 Å². The number of thiophene rings is 1. The smallest absolute Gasteiger partial charge is 0.0679 e. The molecule has 4 heteroatoms. The van der Waals surface area contributed by atoms with Gasteiger partial charge in [0.05, 0.1) is 11.1 Å². The molecule has 0 radical (unpaired) electrons. The molecule has 1 aliphatic rings. The normalized spacial score (nSPS) is 24.0. The maximum absolute atomic E-state index is 9.33. The maximum Gasteiger partial charge on any atom is 0.0679 e. The highest BCUT2D eigenvalue weighted by Crippen LogP contribution is 2.24. The van der Waals surface area contributed by atoms with Gasteiger partial charge < -0.3 is 5.11 Å². The highest BCUT2D eigenvalue weighted by molar-refractivity contribution is 7.10. The molecule has 0 unspecified atom stereocenters. The Hall–Kier alpha value is -0.0900. The van der Waals surface area contributed by atoms with Crippen LogP contribution in [-0.2, 0) is 6.54 Å². The van der Waals surface area contributed by atoms with Gasteiger partial charge in [0.2, 0.25) is 0 Å². The predicted octanol–water partition coefficient (Wildman–Crippen LogP) is 1.97. The molecule has 13 heavy (non-hydrogen) atoms. The summed E-state index contributed by atoms with van der Waals surface area (Å²) in [7, 11) is 0. The van der Waals surface area contributed by atoms with E-state index in [0.29, 0.717) is 0 Å². The lowest BCUT2D eigenvalue weighted by Crippen LogP contribution is -2.20. The number of nitrogens with zero attached hydrogens (tertiary/aromatic N) is 1. The molecule has 1 aromatic heterocycles. The predicted molar refractivity (Wildman–Crippen MR) is 55.2 cm³/mol. The van der Waals surface area contributed by atoms with Gasteiger partial charge in [-0.3, -0.25) is 4.90 Å². The summed E-state index contributed by atoms with van der Waals surface area (Å²) in [6, 6.07) is 1.92. The second kappa shape index (κ2) is 3.96. The molecule has 0 amide bonds. The molecule has 1 fully saturated rings. The summed E-state index contributed by atoms with van der Waals surface area (Å²) in [5, 5.41) is 12.2. The number of hydrogen-bond acceptors (Lipinski definition) is 3. The van der Waals surface area contributed by atoms with E-state index in [1.165, 1.54) is 4.88 Å². The van der Waals surface area contributed by atoms with Crippen molar-refractivity contribution < 1.29 is 5.11 Å². The van der Waals surface area contributed by atoms with Gasteiger partial charge in [0.1, 0.15) is 0 Å². The third-order valence-electron chi connectivity index (χ3n) is 2.31. The topological polar surface area (TPSA) is 23.5 Å². The number of halogens is 1. The van der Waals surface area contributed by atoms with Crippen LogP contribution in [0.2, 0.25) is 5.02 Å². The Morgan fingerprint density at radius 1 is 1.69 bits per heavy atom. The molecule has 72 valence electrons. The van der Waals surface area contributed by atoms with E-state index in [4.69, 9.17) is 11.6 Å². The zero-order valence-electron chi connectivity index (χ0n) is 7.24. The molecule has 1 aliphatic heterocycles. The number of β-amino-alcohol motifs (C(OH)–C–C–N with tert-alkyl or cyclic N) is 1. The van der Waals surface area contributed by atoms with Gasteiger partial charge in [0.15, 0.2) is 0 Å². The van der Waals surface area contributed by atoms with Crippen molar-refractivity contribution in [2.75, 3.05) is 13.1 Å². The molecule has 0 aliphatic carbocycles. The second-order valence-corrected chi connectivity index (χ2v) is 4.78. The van der Waals surface area contributed by atoms with Crippen molar-refractivity contribution in [3.63, 3.8) is 0 Å². The molecule has 2 nitrogen and oxygen atoms in total. The molecule has 0 aromatic carbocycles. The Morgan fingerprint density at radius 3 is 3.08 bits per heavy atom. The summed E-state index contributed by atoms with van der Waals surface area (Å²) < 4.78 is 0. The Labute approximate surface area is 86.7 Å². The number of aliphatic hydroxyl groups excluding tert-OH is 1. The maximum atomic E-state index is 9.33. The lowest BCUT2D eigenvalue weighted by molar-refractivity contribution is 0.175. The summed E-state index contributed by atoms with van der Waals surface area (Å²) in [5.74, 6) is 0. The van der Waals surface area contributed by atoms with Crippen molar-refractivity contribution >= 4 is 22.9 Å². The van der Waals surface area contributed by atoms with E-state index < -0.39 is 0 Å². The van der Waals surface area contributed by atoms with Crippen molar-refractivity contribution in [1.29, 1.82) is 0 Å². The molecule has 1 aromatic rings. The molecular formula is C9H12ClNOS. The van der Waals surface area contributed by atoms with Crippen molar-refractivity contribution in [3.05, 3.63) is 21.3 Å². The zero-order chi connectivity index (χ0) is 9.26. The quantitative estimate of drug-likeness (QED) is 0.819. The van der Waals surface area contributed by atoms with Gasteiger partial charge in [-0.2, -0.15) is 0 Å². The summed E-state index contributed by atoms with van der Waals surface area (Å²) in [5.41, 5.74) is 0. The van der Waals surface area contributed by atoms with Gasteiger partial charge >= 0.3 is 0 Å². The Bertz CT molecular complexity index is 289. The van der Waals surface area contributed by atoms with Crippen LogP contribution in [0.25, 0.3) is 0 Å². The van der Waals surface area contributed by atoms with Crippen LogP contribution in [0.15, 0.2) is 11.4 Å². The van der Waals surface area contributed by atoms with Gasteiger partial charge in [-0.1, -0.05) is 11.6 Å². The summed E-state index contributed by atoms with van der Waals surface area (Å²) in [4.78, 5) is 3.44. The van der Waals surface area contributed by atoms with Gasteiger partial charge in [0, 0.05) is 24.5 Å². The van der Waals surface area contributed by atoms with Crippen LogP contribution in [0.4, 0.5) is 0 Å². The molecule has 0 saturated carbocycles. The molecule has 2 heterocycles. The van der Waals surface area contributed by atoms with Crippen LogP contribution in [0.1, 0.15) is 11.3 Å². The fourth-order valence-electron chi connectivity index (χ4n) is 1.60. The third kappa shape index (κ3) is 2.23. The van der Waals surface area contributed by atoms with Gasteiger partial charge in [0.25, 0.3) is 0 Å². The molecule has 2 rings (SSSR count). The lowest BCUT2D eigenvalue weighted by atomic mass is 10.3. The number of aliphatic hydroxyl groups is 1. The monoisotopic (exact) mass is 217 g/mol. The van der Waals surface area contributed by atoms with E-state index in [-0.39, 0.29) is 6.10 Å². The van der Waals surface area contributed by atoms with E-state index in [9.17, 15) is 5.11 Å². The van der Waals surface area contributed by atoms with Crippen LogP contribution in [-0.4, -0.2) is 29.2 Å². The van der Waals surface area contributed by atoms with Crippen molar-refractivity contribution in [1.82, 2.24) is 4.90 Å². The fraction of sp³-hybridized carbons (Fsp3) is 0.556. The Kier molecular flexibility index (Phi) is 2.89. The average Bonchev–Trinajstić information content (AvgIpc) is 2.64. The fourth-order valence-corrected chi connectivity index (χ4v) is 2.73. The first-order valence-electron chi connectivity index (χ1n) is 4.38. The molecule has 1 saturated heterocycles. The van der Waals surface area contributed by atoms with Crippen LogP contribution < -0.4 is 0 Å². The first-order chi connectivity index (χ1) is 6.25. The molecule has 1 N–H and O–H groups in total. The minimum atomic E-state index is -0.140. The first kappa shape index (κ1) is 9.46. The van der Waals surface area contributed by atoms with Gasteiger partial charge in [-0.05, 0) is 17.9 Å². The van der Waals surface area contributed by atoms with E-state index in [0.717, 1.165) is 31.1 Å². The standard InChI is InChI=1S/C9H12ClNOS/c10-8-2-4-13-9(8)6-11-3-1-7(12)5-11/h2,4,7,12H,1,3,5-6H2/t7-/m0/s1. The third-order valence-corrected chi connectivity index (χ3v) is 3.68. The van der Waals surface area contributed by atoms with Crippen LogP contribution in [0.3, 0.4) is 0 Å². The minimum absolute atomic E-state index is 0.140. The Balaban J connectivity index is 1.95. The van der Waals surface area contributed by atoms with E-state index in [1.807, 2.05) is 11.4 Å². The van der Waals surface area contributed by atoms with Crippen molar-refractivity contribution in [3.8, 4) is 0 Å². The zero-order valence-corrected chi connectivity index (χ0v) is 8.81. The largest absolute Gasteiger partial charge is 0.392 e. The SMILES string of the molecule is O[C@H]1CCN(Cc2sccc2Cl)C1. The average molecular weight is 218 g/mol. The van der Waals surface area contributed by atoms with Crippen molar-refractivity contribution in [2.24, 2.45) is 0 Å². The van der Waals surface area contributed by atoms with Crippen LogP contribution in [0.5, 0.6) is 0 Å². The van der Waals surface area contributed by atoms with Crippen LogP contribution >= 0.6 is 22.9 Å². The Morgan fingerprint density at radius 2 is 2.54 bits per heavy atom. The van der Waals surface area contributed by atoms with Crippen LogP contribution in [0, 0.1) is 0 Å². The highest BCUT2D eigenvalue weighted by atomic mass is 35.5. The number of hydrogen-bond donors (Lipinski definition) is 1. The van der Waals surface area contributed by atoms with Crippen molar-refractivity contribution in [2.45, 2.75) is 19.1 Å². The lowest BCUT2D eigenvalue weighted by Gasteiger charge is -2.13. The highest BCUT2D eigenvalue weighted by Gasteiger charge is 2.20. The first-order valence-corrected chi connectivity index (χ1v) is 5.64. The summed E-state index contributed by atoms with van der Waals surface area (Å²) >= 11 is 7.66. The molecular weight excluding hydrogens is 206 g/mol. The minimum Gasteiger partial charge on any atom is -0.392 e. The number of rotatable bonds is 2. The molecule has 0 spiro atoms. The summed E-state index contributed by atoms with van der Waals surface area (Å²) in [6.45, 7) is 2.65. The summed E-state index contributed by atoms with van der Waals surface area (Å²) in [6.07, 6.45) is 0.752. The van der Waals surface area contributed by atoms with Gasteiger partial charge in [-0.15, -0.1) is 11.3 Å². The molecule has 0 bridgehead atoms.